The lowest BCUT2D eigenvalue weighted by atomic mass is 10.2. The Labute approximate surface area is 63.1 Å². The van der Waals surface area contributed by atoms with Crippen molar-refractivity contribution in [2.75, 3.05) is 0 Å². The number of ketones is 2. The Morgan fingerprint density at radius 2 is 2.09 bits per heavy atom. The second-order valence-electron chi connectivity index (χ2n) is 2.42. The van der Waals surface area contributed by atoms with Gasteiger partial charge in [-0.2, -0.15) is 0 Å². The van der Waals surface area contributed by atoms with Crippen molar-refractivity contribution in [3.8, 4) is 0 Å². The quantitative estimate of drug-likeness (QED) is 0.511. The number of Topliss-reactive ketones (excluding diaryl/α,β-unsaturated/α-hetero) is 2. The lowest BCUT2D eigenvalue weighted by Crippen LogP contribution is -1.93. The van der Waals surface area contributed by atoms with Crippen LogP contribution in [-0.4, -0.2) is 16.6 Å². The zero-order valence-corrected chi connectivity index (χ0v) is 5.70. The highest BCUT2D eigenvalue weighted by molar-refractivity contribution is 6.23. The van der Waals surface area contributed by atoms with Gasteiger partial charge in [0.1, 0.15) is 5.69 Å². The molecule has 0 radical (unpaired) electrons. The summed E-state index contributed by atoms with van der Waals surface area (Å²) < 4.78 is 0. The van der Waals surface area contributed by atoms with Gasteiger partial charge in [0.15, 0.2) is 11.6 Å². The molecular formula is C8H5NO2. The highest BCUT2D eigenvalue weighted by atomic mass is 16.2. The summed E-state index contributed by atoms with van der Waals surface area (Å²) >= 11 is 0. The largest absolute Gasteiger partial charge is 0.294 e. The van der Waals surface area contributed by atoms with Gasteiger partial charge in [0.05, 0.1) is 6.42 Å². The van der Waals surface area contributed by atoms with Crippen LogP contribution in [0.25, 0.3) is 0 Å². The number of rotatable bonds is 0. The van der Waals surface area contributed by atoms with Gasteiger partial charge >= 0.3 is 0 Å². The van der Waals surface area contributed by atoms with E-state index in [0.717, 1.165) is 0 Å². The van der Waals surface area contributed by atoms with Crippen LogP contribution in [0.15, 0.2) is 18.3 Å². The van der Waals surface area contributed by atoms with Gasteiger partial charge in [-0.3, -0.25) is 14.6 Å². The third-order valence-corrected chi connectivity index (χ3v) is 1.69. The van der Waals surface area contributed by atoms with E-state index in [1.807, 2.05) is 0 Å². The number of hydrogen-bond acceptors (Lipinski definition) is 3. The van der Waals surface area contributed by atoms with Crippen molar-refractivity contribution in [1.82, 2.24) is 4.98 Å². The van der Waals surface area contributed by atoms with Crippen molar-refractivity contribution in [3.05, 3.63) is 29.6 Å². The van der Waals surface area contributed by atoms with Gasteiger partial charge in [0, 0.05) is 11.8 Å². The predicted octanol–water partition coefficient (Wildman–Crippen LogP) is 0.851. The number of carbonyl (C=O) groups excluding carboxylic acids is 2. The van der Waals surface area contributed by atoms with Crippen LogP contribution < -0.4 is 0 Å². The average molecular weight is 147 g/mol. The second kappa shape index (κ2) is 1.99. The highest BCUT2D eigenvalue weighted by Crippen LogP contribution is 2.18. The standard InChI is InChI=1S/C8H5NO2/c10-6-4-7(11)8-5(6)2-1-3-9-8/h1-3H,4H2. The molecule has 0 spiro atoms. The zero-order chi connectivity index (χ0) is 7.84. The Kier molecular flexibility index (Phi) is 1.12. The number of hydrogen-bond donors (Lipinski definition) is 0. The van der Waals surface area contributed by atoms with Crippen molar-refractivity contribution in [1.29, 1.82) is 0 Å². The van der Waals surface area contributed by atoms with Crippen molar-refractivity contribution < 1.29 is 9.59 Å². The summed E-state index contributed by atoms with van der Waals surface area (Å²) in [5.41, 5.74) is 0.801. The first-order valence-electron chi connectivity index (χ1n) is 3.30. The van der Waals surface area contributed by atoms with Crippen molar-refractivity contribution in [3.63, 3.8) is 0 Å². The van der Waals surface area contributed by atoms with Crippen molar-refractivity contribution in [2.24, 2.45) is 0 Å². The van der Waals surface area contributed by atoms with Crippen LogP contribution in [0.3, 0.4) is 0 Å². The van der Waals surface area contributed by atoms with E-state index in [4.69, 9.17) is 0 Å². The summed E-state index contributed by atoms with van der Waals surface area (Å²) in [7, 11) is 0. The minimum absolute atomic E-state index is 0.00759. The van der Waals surface area contributed by atoms with E-state index < -0.39 is 0 Å². The molecule has 0 atom stereocenters. The molecule has 0 unspecified atom stereocenters. The number of carbonyl (C=O) groups is 2. The topological polar surface area (TPSA) is 47.0 Å². The molecule has 54 valence electrons. The predicted molar refractivity (Wildman–Crippen MR) is 37.5 cm³/mol. The van der Waals surface area contributed by atoms with Gasteiger partial charge in [0.2, 0.25) is 0 Å². The van der Waals surface area contributed by atoms with E-state index in [2.05, 4.69) is 4.98 Å². The van der Waals surface area contributed by atoms with Gasteiger partial charge < -0.3 is 0 Å². The summed E-state index contributed by atoms with van der Waals surface area (Å²) in [6, 6.07) is 3.30. The third kappa shape index (κ3) is 0.774. The number of pyridine rings is 1. The smallest absolute Gasteiger partial charge is 0.189 e. The third-order valence-electron chi connectivity index (χ3n) is 1.69. The van der Waals surface area contributed by atoms with Gasteiger partial charge in [0.25, 0.3) is 0 Å². The normalized spacial score (nSPS) is 15.3. The Morgan fingerprint density at radius 1 is 1.27 bits per heavy atom. The van der Waals surface area contributed by atoms with Crippen LogP contribution in [0, 0.1) is 0 Å². The van der Waals surface area contributed by atoms with Crippen LogP contribution in [0.5, 0.6) is 0 Å². The lowest BCUT2D eigenvalue weighted by molar-refractivity contribution is 0.0921. The summed E-state index contributed by atoms with van der Waals surface area (Å²) in [6.45, 7) is 0. The van der Waals surface area contributed by atoms with Crippen molar-refractivity contribution >= 4 is 11.6 Å². The molecule has 1 aromatic heterocycles. The molecule has 0 saturated carbocycles. The Morgan fingerprint density at radius 3 is 2.82 bits per heavy atom. The fourth-order valence-electron chi connectivity index (χ4n) is 1.18. The Hall–Kier alpha value is -1.51. The van der Waals surface area contributed by atoms with Crippen LogP contribution in [0.1, 0.15) is 27.3 Å². The molecule has 0 amide bonds. The maximum atomic E-state index is 11.0. The molecule has 2 rings (SSSR count). The molecule has 11 heavy (non-hydrogen) atoms. The first-order chi connectivity index (χ1) is 5.29. The molecule has 0 aromatic carbocycles. The second-order valence-corrected chi connectivity index (χ2v) is 2.42. The molecule has 0 aliphatic heterocycles. The van der Waals surface area contributed by atoms with Gasteiger partial charge in [-0.15, -0.1) is 0 Å². The molecule has 1 aliphatic rings. The molecule has 0 saturated heterocycles. The summed E-state index contributed by atoms with van der Waals surface area (Å²) in [5.74, 6) is -0.274. The van der Waals surface area contributed by atoms with Gasteiger partial charge in [-0.25, -0.2) is 0 Å². The Balaban J connectivity index is 2.69. The maximum Gasteiger partial charge on any atom is 0.189 e. The maximum absolute atomic E-state index is 11.0. The van der Waals surface area contributed by atoms with E-state index in [1.54, 1.807) is 12.1 Å². The molecule has 0 fully saturated rings. The molecule has 1 heterocycles. The van der Waals surface area contributed by atoms with Crippen LogP contribution in [-0.2, 0) is 0 Å². The number of fused-ring (bicyclic) bond motifs is 1. The first kappa shape index (κ1) is 6.22. The van der Waals surface area contributed by atoms with Gasteiger partial charge in [-0.05, 0) is 12.1 Å². The van der Waals surface area contributed by atoms with E-state index in [1.165, 1.54) is 6.20 Å². The van der Waals surface area contributed by atoms with Crippen LogP contribution >= 0.6 is 0 Å². The monoisotopic (exact) mass is 147 g/mol. The van der Waals surface area contributed by atoms with E-state index >= 15 is 0 Å². The molecular weight excluding hydrogens is 142 g/mol. The highest BCUT2D eigenvalue weighted by Gasteiger charge is 2.27. The minimum Gasteiger partial charge on any atom is -0.294 e. The van der Waals surface area contributed by atoms with Crippen LogP contribution in [0.4, 0.5) is 0 Å². The fraction of sp³-hybridized carbons (Fsp3) is 0.125. The minimum atomic E-state index is -0.161. The van der Waals surface area contributed by atoms with Crippen molar-refractivity contribution in [2.45, 2.75) is 6.42 Å². The number of aromatic nitrogens is 1. The molecule has 3 heteroatoms. The SMILES string of the molecule is O=C1CC(=O)c2ncccc21. The Bertz CT molecular complexity index is 311. The first-order valence-corrected chi connectivity index (χ1v) is 3.30. The zero-order valence-electron chi connectivity index (χ0n) is 5.70. The molecule has 1 aromatic rings. The average Bonchev–Trinajstić information content (AvgIpc) is 2.30. The van der Waals surface area contributed by atoms with Gasteiger partial charge in [-0.1, -0.05) is 0 Å². The lowest BCUT2D eigenvalue weighted by Gasteiger charge is -1.90. The summed E-state index contributed by atoms with van der Waals surface area (Å²) in [6.07, 6.45) is 1.52. The summed E-state index contributed by atoms with van der Waals surface area (Å²) in [4.78, 5) is 25.8. The van der Waals surface area contributed by atoms with Crippen LogP contribution in [0.2, 0.25) is 0 Å². The fourth-order valence-corrected chi connectivity index (χ4v) is 1.18. The molecule has 1 aliphatic carbocycles. The molecule has 0 bridgehead atoms. The molecule has 0 N–H and O–H groups in total. The number of nitrogens with zero attached hydrogens (tertiary/aromatic N) is 1. The van der Waals surface area contributed by atoms with E-state index in [-0.39, 0.29) is 18.0 Å². The summed E-state index contributed by atoms with van der Waals surface area (Å²) in [5, 5.41) is 0. The van der Waals surface area contributed by atoms with E-state index in [9.17, 15) is 9.59 Å². The molecule has 3 nitrogen and oxygen atoms in total. The van der Waals surface area contributed by atoms with E-state index in [0.29, 0.717) is 11.3 Å².